The van der Waals surface area contributed by atoms with Gasteiger partial charge in [-0.1, -0.05) is 0 Å². The molecular weight excluding hydrogens is 270 g/mol. The molecule has 0 spiro atoms. The third kappa shape index (κ3) is 3.32. The number of aromatic amines is 1. The molecule has 0 aromatic carbocycles. The summed E-state index contributed by atoms with van der Waals surface area (Å²) in [5.41, 5.74) is 0. The van der Waals surface area contributed by atoms with Crippen LogP contribution in [0.1, 0.15) is 25.7 Å². The van der Waals surface area contributed by atoms with Crippen molar-refractivity contribution in [3.63, 3.8) is 0 Å². The highest BCUT2D eigenvalue weighted by molar-refractivity contribution is 7.89. The van der Waals surface area contributed by atoms with Crippen LogP contribution in [0.5, 0.6) is 0 Å². The number of rotatable bonds is 5. The van der Waals surface area contributed by atoms with Crippen molar-refractivity contribution in [2.45, 2.75) is 30.7 Å². The normalized spacial score (nSPS) is 21.4. The summed E-state index contributed by atoms with van der Waals surface area (Å²) in [7, 11) is -3.52. The fourth-order valence-corrected chi connectivity index (χ4v) is 3.78. The van der Waals surface area contributed by atoms with Gasteiger partial charge in [-0.15, -0.1) is 0 Å². The van der Waals surface area contributed by atoms with E-state index in [1.165, 1.54) is 16.8 Å². The lowest BCUT2D eigenvalue weighted by Crippen LogP contribution is -2.40. The first-order valence-electron chi connectivity index (χ1n) is 6.20. The number of carboxylic acid groups (broad SMARTS) is 1. The van der Waals surface area contributed by atoms with Crippen LogP contribution in [0.3, 0.4) is 0 Å². The van der Waals surface area contributed by atoms with Crippen LogP contribution >= 0.6 is 0 Å². The molecule has 8 heteroatoms. The summed E-state index contributed by atoms with van der Waals surface area (Å²) < 4.78 is 26.0. The number of sulfonamides is 1. The quantitative estimate of drug-likeness (QED) is 0.828. The maximum atomic E-state index is 12.3. The maximum Gasteiger partial charge on any atom is 0.303 e. The first-order valence-corrected chi connectivity index (χ1v) is 7.64. The minimum atomic E-state index is -3.52. The summed E-state index contributed by atoms with van der Waals surface area (Å²) in [6, 6.07) is 0. The number of nitrogens with zero attached hydrogens (tertiary/aromatic N) is 2. The molecule has 1 aliphatic heterocycles. The molecule has 1 unspecified atom stereocenters. The van der Waals surface area contributed by atoms with Crippen molar-refractivity contribution in [2.24, 2.45) is 5.92 Å². The van der Waals surface area contributed by atoms with E-state index >= 15 is 0 Å². The lowest BCUT2D eigenvalue weighted by Gasteiger charge is -2.31. The maximum absolute atomic E-state index is 12.3. The molecule has 1 atom stereocenters. The Morgan fingerprint density at radius 2 is 2.37 bits per heavy atom. The van der Waals surface area contributed by atoms with Crippen LogP contribution in [0, 0.1) is 5.92 Å². The topological polar surface area (TPSA) is 103 Å². The number of aliphatic carboxylic acids is 1. The minimum absolute atomic E-state index is 0.0859. The molecule has 19 heavy (non-hydrogen) atoms. The van der Waals surface area contributed by atoms with Crippen LogP contribution in [0.4, 0.5) is 0 Å². The number of piperidine rings is 1. The number of aromatic nitrogens is 2. The zero-order chi connectivity index (χ0) is 13.9. The molecule has 1 aromatic rings. The summed E-state index contributed by atoms with van der Waals surface area (Å²) in [5, 5.41) is 8.76. The summed E-state index contributed by atoms with van der Waals surface area (Å²) >= 11 is 0. The lowest BCUT2D eigenvalue weighted by atomic mass is 9.95. The van der Waals surface area contributed by atoms with Gasteiger partial charge in [0.2, 0.25) is 0 Å². The van der Waals surface area contributed by atoms with Crippen molar-refractivity contribution in [3.8, 4) is 0 Å². The molecule has 0 radical (unpaired) electrons. The molecule has 7 nitrogen and oxygen atoms in total. The van der Waals surface area contributed by atoms with Gasteiger partial charge in [0.05, 0.1) is 12.5 Å². The second kappa shape index (κ2) is 5.70. The monoisotopic (exact) mass is 287 g/mol. The molecule has 2 N–H and O–H groups in total. The Bertz CT molecular complexity index is 526. The Morgan fingerprint density at radius 1 is 1.58 bits per heavy atom. The Balaban J connectivity index is 2.03. The second-order valence-electron chi connectivity index (χ2n) is 4.72. The van der Waals surface area contributed by atoms with Crippen LogP contribution in [0.2, 0.25) is 0 Å². The summed E-state index contributed by atoms with van der Waals surface area (Å²) in [6.45, 7) is 0.861. The summed E-state index contributed by atoms with van der Waals surface area (Å²) in [6.07, 6.45) is 4.86. The Morgan fingerprint density at radius 3 is 3.00 bits per heavy atom. The highest BCUT2D eigenvalue weighted by atomic mass is 32.2. The molecule has 1 fully saturated rings. The van der Waals surface area contributed by atoms with Crippen molar-refractivity contribution in [3.05, 3.63) is 12.5 Å². The number of carboxylic acids is 1. The van der Waals surface area contributed by atoms with Crippen molar-refractivity contribution < 1.29 is 18.3 Å². The van der Waals surface area contributed by atoms with Crippen LogP contribution in [-0.2, 0) is 14.8 Å². The molecule has 0 amide bonds. The molecule has 106 valence electrons. The van der Waals surface area contributed by atoms with Crippen LogP contribution in [0.15, 0.2) is 17.6 Å². The standard InChI is InChI=1S/C11H17N3O4S/c15-11(16)4-3-9-2-1-5-14(7-9)19(17,18)10-6-12-8-13-10/h6,8-9H,1-5,7H2,(H,12,13)(H,15,16). The number of H-pyrrole nitrogens is 1. The largest absolute Gasteiger partial charge is 0.481 e. The van der Waals surface area contributed by atoms with Crippen molar-refractivity contribution >= 4 is 16.0 Å². The van der Waals surface area contributed by atoms with E-state index < -0.39 is 16.0 Å². The summed E-state index contributed by atoms with van der Waals surface area (Å²) in [4.78, 5) is 16.9. The van der Waals surface area contributed by atoms with Crippen molar-refractivity contribution in [1.82, 2.24) is 14.3 Å². The number of hydrogen-bond acceptors (Lipinski definition) is 4. The van der Waals surface area contributed by atoms with Gasteiger partial charge in [0.15, 0.2) is 5.03 Å². The highest BCUT2D eigenvalue weighted by Crippen LogP contribution is 2.25. The molecule has 0 saturated carbocycles. The van der Waals surface area contributed by atoms with Crippen molar-refractivity contribution in [1.29, 1.82) is 0 Å². The van der Waals surface area contributed by atoms with E-state index in [2.05, 4.69) is 9.97 Å². The van der Waals surface area contributed by atoms with E-state index in [1.807, 2.05) is 0 Å². The Kier molecular flexibility index (Phi) is 4.20. The van der Waals surface area contributed by atoms with Gasteiger partial charge in [0.25, 0.3) is 10.0 Å². The number of carbonyl (C=O) groups is 1. The van der Waals surface area contributed by atoms with Gasteiger partial charge in [-0.05, 0) is 25.2 Å². The number of nitrogens with one attached hydrogen (secondary N) is 1. The Hall–Kier alpha value is -1.41. The molecule has 2 rings (SSSR count). The number of hydrogen-bond donors (Lipinski definition) is 2. The Labute approximate surface area is 111 Å². The first-order chi connectivity index (χ1) is 9.00. The van der Waals surface area contributed by atoms with E-state index in [9.17, 15) is 13.2 Å². The third-order valence-corrected chi connectivity index (χ3v) is 5.13. The summed E-state index contributed by atoms with van der Waals surface area (Å²) in [5.74, 6) is -0.726. The van der Waals surface area contributed by atoms with E-state index in [4.69, 9.17) is 5.11 Å². The smallest absolute Gasteiger partial charge is 0.303 e. The zero-order valence-electron chi connectivity index (χ0n) is 10.4. The molecule has 1 aliphatic rings. The average molecular weight is 287 g/mol. The van der Waals surface area contributed by atoms with Gasteiger partial charge in [0.1, 0.15) is 0 Å². The van der Waals surface area contributed by atoms with E-state index in [0.29, 0.717) is 19.5 Å². The molecule has 0 aliphatic carbocycles. The van der Waals surface area contributed by atoms with Gasteiger partial charge in [0, 0.05) is 19.5 Å². The minimum Gasteiger partial charge on any atom is -0.481 e. The fourth-order valence-electron chi connectivity index (χ4n) is 2.33. The predicted octanol–water partition coefficient (Wildman–Crippen LogP) is 0.675. The molecule has 1 saturated heterocycles. The average Bonchev–Trinajstić information content (AvgIpc) is 2.91. The molecule has 0 bridgehead atoms. The van der Waals surface area contributed by atoms with E-state index in [1.54, 1.807) is 0 Å². The predicted molar refractivity (Wildman–Crippen MR) is 66.9 cm³/mol. The van der Waals surface area contributed by atoms with Gasteiger partial charge in [-0.2, -0.15) is 4.31 Å². The molecule has 1 aromatic heterocycles. The molecule has 2 heterocycles. The van der Waals surface area contributed by atoms with E-state index in [0.717, 1.165) is 12.8 Å². The van der Waals surface area contributed by atoms with Crippen molar-refractivity contribution in [2.75, 3.05) is 13.1 Å². The second-order valence-corrected chi connectivity index (χ2v) is 6.63. The van der Waals surface area contributed by atoms with Gasteiger partial charge in [-0.3, -0.25) is 4.79 Å². The van der Waals surface area contributed by atoms with Crippen LogP contribution in [-0.4, -0.2) is 46.9 Å². The molecular formula is C11H17N3O4S. The van der Waals surface area contributed by atoms with Crippen LogP contribution in [0.25, 0.3) is 0 Å². The van der Waals surface area contributed by atoms with Gasteiger partial charge in [-0.25, -0.2) is 13.4 Å². The first kappa shape index (κ1) is 14.0. The highest BCUT2D eigenvalue weighted by Gasteiger charge is 2.31. The fraction of sp³-hybridized carbons (Fsp3) is 0.636. The van der Waals surface area contributed by atoms with E-state index in [-0.39, 0.29) is 17.4 Å². The van der Waals surface area contributed by atoms with Gasteiger partial charge >= 0.3 is 5.97 Å². The number of imidazole rings is 1. The van der Waals surface area contributed by atoms with Gasteiger partial charge < -0.3 is 10.1 Å². The third-order valence-electron chi connectivity index (χ3n) is 3.34. The van der Waals surface area contributed by atoms with Crippen LogP contribution < -0.4 is 0 Å². The lowest BCUT2D eigenvalue weighted by molar-refractivity contribution is -0.137. The SMILES string of the molecule is O=C(O)CCC1CCCN(S(=O)(=O)c2cnc[nH]2)C1. The zero-order valence-corrected chi connectivity index (χ0v) is 11.3.